The second-order valence-electron chi connectivity index (χ2n) is 8.55. The zero-order valence-corrected chi connectivity index (χ0v) is 20.4. The molecule has 0 saturated carbocycles. The number of hydrogen-bond donors (Lipinski definition) is 0. The van der Waals surface area contributed by atoms with E-state index >= 15 is 0 Å². The van der Waals surface area contributed by atoms with Crippen LogP contribution in [-0.2, 0) is 14.8 Å². The Morgan fingerprint density at radius 1 is 0.853 bits per heavy atom. The van der Waals surface area contributed by atoms with E-state index in [1.54, 1.807) is 48.8 Å². The number of amides is 1. The summed E-state index contributed by atoms with van der Waals surface area (Å²) in [7, 11) is -3.81. The van der Waals surface area contributed by atoms with E-state index in [2.05, 4.69) is 9.88 Å². The van der Waals surface area contributed by atoms with Crippen molar-refractivity contribution in [1.29, 1.82) is 0 Å². The smallest absolute Gasteiger partial charge is 0.264 e. The Bertz CT molecular complexity index is 1210. The molecule has 2 aromatic carbocycles. The summed E-state index contributed by atoms with van der Waals surface area (Å²) in [6.45, 7) is 6.65. The molecule has 0 radical (unpaired) electrons. The van der Waals surface area contributed by atoms with E-state index in [4.69, 9.17) is 0 Å². The van der Waals surface area contributed by atoms with Gasteiger partial charge in [-0.15, -0.1) is 0 Å². The summed E-state index contributed by atoms with van der Waals surface area (Å²) in [6, 6.07) is 18.1. The highest BCUT2D eigenvalue weighted by Crippen LogP contribution is 2.25. The molecule has 4 rings (SSSR count). The topological polar surface area (TPSA) is 73.8 Å². The van der Waals surface area contributed by atoms with Crippen LogP contribution in [0.5, 0.6) is 0 Å². The van der Waals surface area contributed by atoms with Crippen molar-refractivity contribution in [1.82, 2.24) is 9.88 Å². The molecule has 1 aromatic heterocycles. The average molecular weight is 479 g/mol. The van der Waals surface area contributed by atoms with Crippen molar-refractivity contribution in [3.8, 4) is 0 Å². The second-order valence-corrected chi connectivity index (χ2v) is 10.4. The molecule has 0 atom stereocenters. The highest BCUT2D eigenvalue weighted by molar-refractivity contribution is 7.92. The van der Waals surface area contributed by atoms with Gasteiger partial charge in [0.25, 0.3) is 10.0 Å². The molecule has 34 heavy (non-hydrogen) atoms. The van der Waals surface area contributed by atoms with Crippen molar-refractivity contribution in [2.45, 2.75) is 25.2 Å². The number of sulfonamides is 1. The van der Waals surface area contributed by atoms with Crippen molar-refractivity contribution < 1.29 is 13.2 Å². The lowest BCUT2D eigenvalue weighted by Gasteiger charge is -2.36. The molecule has 0 aliphatic carbocycles. The molecule has 1 saturated heterocycles. The fourth-order valence-electron chi connectivity index (χ4n) is 4.06. The maximum atomic E-state index is 13.5. The van der Waals surface area contributed by atoms with Gasteiger partial charge in [-0.1, -0.05) is 35.4 Å². The zero-order valence-electron chi connectivity index (χ0n) is 19.6. The van der Waals surface area contributed by atoms with Gasteiger partial charge in [-0.3, -0.25) is 14.1 Å². The number of benzene rings is 2. The van der Waals surface area contributed by atoms with Crippen molar-refractivity contribution in [2.75, 3.05) is 41.9 Å². The molecule has 0 N–H and O–H groups in total. The summed E-state index contributed by atoms with van der Waals surface area (Å²) in [5.74, 6) is -0.0365. The zero-order chi connectivity index (χ0) is 24.1. The minimum absolute atomic E-state index is 0.0365. The Balaban J connectivity index is 1.46. The molecule has 3 aromatic rings. The standard InChI is InChI=1S/C26H30N4O3S/c1-21-3-7-24(8-4-21)30(34(32,33)25-9-5-22(2)6-10-25)16-13-26(31)29-19-17-28(18-20-29)23-11-14-27-15-12-23/h3-12,14-15H,13,16-20H2,1-2H3. The van der Waals surface area contributed by atoms with Gasteiger partial charge in [0.15, 0.2) is 0 Å². The number of hydrogen-bond acceptors (Lipinski definition) is 5. The van der Waals surface area contributed by atoms with Gasteiger partial charge < -0.3 is 9.80 Å². The molecular weight excluding hydrogens is 448 g/mol. The van der Waals surface area contributed by atoms with Crippen molar-refractivity contribution >= 4 is 27.3 Å². The number of nitrogens with zero attached hydrogens (tertiary/aromatic N) is 4. The number of rotatable bonds is 7. The lowest BCUT2D eigenvalue weighted by atomic mass is 10.2. The number of aryl methyl sites for hydroxylation is 2. The average Bonchev–Trinajstić information content (AvgIpc) is 2.86. The van der Waals surface area contributed by atoms with Crippen molar-refractivity contribution in [3.63, 3.8) is 0 Å². The van der Waals surface area contributed by atoms with Gasteiger partial charge >= 0.3 is 0 Å². The molecule has 1 aliphatic rings. The van der Waals surface area contributed by atoms with E-state index in [1.165, 1.54) is 4.31 Å². The summed E-state index contributed by atoms with van der Waals surface area (Å²) in [5, 5.41) is 0. The summed E-state index contributed by atoms with van der Waals surface area (Å²) < 4.78 is 28.4. The number of carbonyl (C=O) groups excluding carboxylic acids is 1. The van der Waals surface area contributed by atoms with Gasteiger partial charge in [0.1, 0.15) is 0 Å². The van der Waals surface area contributed by atoms with Crippen LogP contribution < -0.4 is 9.21 Å². The Hall–Kier alpha value is -3.39. The molecule has 8 heteroatoms. The first-order valence-corrected chi connectivity index (χ1v) is 12.9. The molecule has 178 valence electrons. The van der Waals surface area contributed by atoms with Crippen LogP contribution in [0.2, 0.25) is 0 Å². The molecule has 1 amide bonds. The fraction of sp³-hybridized carbons (Fsp3) is 0.308. The van der Waals surface area contributed by atoms with E-state index in [-0.39, 0.29) is 23.8 Å². The van der Waals surface area contributed by atoms with Crippen LogP contribution in [0.25, 0.3) is 0 Å². The summed E-state index contributed by atoms with van der Waals surface area (Å²) in [5.41, 5.74) is 3.68. The first-order valence-electron chi connectivity index (χ1n) is 11.4. The van der Waals surface area contributed by atoms with Crippen LogP contribution in [0.15, 0.2) is 78.0 Å². The van der Waals surface area contributed by atoms with Crippen LogP contribution in [0.4, 0.5) is 11.4 Å². The normalized spacial score (nSPS) is 14.2. The third-order valence-electron chi connectivity index (χ3n) is 6.12. The Labute approximate surface area is 201 Å². The highest BCUT2D eigenvalue weighted by atomic mass is 32.2. The number of aromatic nitrogens is 1. The molecule has 7 nitrogen and oxygen atoms in total. The van der Waals surface area contributed by atoms with Gasteiger partial charge in [-0.25, -0.2) is 8.42 Å². The second kappa shape index (κ2) is 10.3. The van der Waals surface area contributed by atoms with Gasteiger partial charge in [-0.05, 0) is 50.2 Å². The fourth-order valence-corrected chi connectivity index (χ4v) is 5.53. The molecule has 0 bridgehead atoms. The third kappa shape index (κ3) is 5.39. The van der Waals surface area contributed by atoms with Crippen LogP contribution >= 0.6 is 0 Å². The number of anilines is 2. The van der Waals surface area contributed by atoms with Crippen LogP contribution in [0, 0.1) is 13.8 Å². The molecular formula is C26H30N4O3S. The van der Waals surface area contributed by atoms with Crippen LogP contribution in [0.1, 0.15) is 17.5 Å². The lowest BCUT2D eigenvalue weighted by molar-refractivity contribution is -0.131. The van der Waals surface area contributed by atoms with Gasteiger partial charge in [0, 0.05) is 57.2 Å². The molecule has 2 heterocycles. The van der Waals surface area contributed by atoms with Gasteiger partial charge in [-0.2, -0.15) is 0 Å². The number of piperazine rings is 1. The maximum Gasteiger partial charge on any atom is 0.264 e. The molecule has 0 unspecified atom stereocenters. The Kier molecular flexibility index (Phi) is 7.17. The lowest BCUT2D eigenvalue weighted by Crippen LogP contribution is -2.49. The quantitative estimate of drug-likeness (QED) is 0.519. The maximum absolute atomic E-state index is 13.5. The van der Waals surface area contributed by atoms with E-state index in [9.17, 15) is 13.2 Å². The van der Waals surface area contributed by atoms with Crippen molar-refractivity contribution in [2.24, 2.45) is 0 Å². The van der Waals surface area contributed by atoms with Crippen molar-refractivity contribution in [3.05, 3.63) is 84.2 Å². The third-order valence-corrected chi connectivity index (χ3v) is 7.96. The van der Waals surface area contributed by atoms with E-state index in [0.717, 1.165) is 29.9 Å². The Morgan fingerprint density at radius 3 is 2.00 bits per heavy atom. The summed E-state index contributed by atoms with van der Waals surface area (Å²) in [4.78, 5) is 21.3. The predicted molar refractivity (Wildman–Crippen MR) is 135 cm³/mol. The first-order chi connectivity index (χ1) is 16.3. The van der Waals surface area contributed by atoms with E-state index in [1.807, 2.05) is 43.0 Å². The monoisotopic (exact) mass is 478 g/mol. The molecule has 0 spiro atoms. The number of pyridine rings is 1. The van der Waals surface area contributed by atoms with Crippen LogP contribution in [0.3, 0.4) is 0 Å². The predicted octanol–water partition coefficient (Wildman–Crippen LogP) is 3.63. The minimum atomic E-state index is -3.81. The van der Waals surface area contributed by atoms with E-state index in [0.29, 0.717) is 18.8 Å². The van der Waals surface area contributed by atoms with E-state index < -0.39 is 10.0 Å². The molecule has 1 aliphatic heterocycles. The minimum Gasteiger partial charge on any atom is -0.368 e. The summed E-state index contributed by atoms with van der Waals surface area (Å²) >= 11 is 0. The van der Waals surface area contributed by atoms with Gasteiger partial charge in [0.05, 0.1) is 10.6 Å². The number of carbonyl (C=O) groups is 1. The first kappa shape index (κ1) is 23.8. The summed E-state index contributed by atoms with van der Waals surface area (Å²) in [6.07, 6.45) is 3.65. The van der Waals surface area contributed by atoms with Gasteiger partial charge in [0.2, 0.25) is 5.91 Å². The molecule has 1 fully saturated rings. The van der Waals surface area contributed by atoms with Crippen LogP contribution in [-0.4, -0.2) is 56.9 Å². The largest absolute Gasteiger partial charge is 0.368 e. The SMILES string of the molecule is Cc1ccc(N(CCC(=O)N2CCN(c3ccncc3)CC2)S(=O)(=O)c2ccc(C)cc2)cc1. The Morgan fingerprint density at radius 2 is 1.41 bits per heavy atom. The highest BCUT2D eigenvalue weighted by Gasteiger charge is 2.27.